The molecule has 0 unspecified atom stereocenters. The summed E-state index contributed by atoms with van der Waals surface area (Å²) in [5.74, 6) is 0.204. The molecule has 0 spiro atoms. The number of methoxy groups -OCH3 is 1. The Hall–Kier alpha value is -2.76. The molecule has 9 nitrogen and oxygen atoms in total. The number of thiophene rings is 1. The lowest BCUT2D eigenvalue weighted by Crippen LogP contribution is -2.35. The van der Waals surface area contributed by atoms with Crippen LogP contribution in [0.5, 0.6) is 11.6 Å². The molecule has 0 atom stereocenters. The molecule has 3 heterocycles. The monoisotopic (exact) mass is 462 g/mol. The summed E-state index contributed by atoms with van der Waals surface area (Å²) in [6.07, 6.45) is 4.09. The third-order valence-corrected chi connectivity index (χ3v) is 7.68. The fraction of sp³-hybridized carbons (Fsp3) is 0.350. The largest absolute Gasteiger partial charge is 0.495 e. The fourth-order valence-corrected chi connectivity index (χ4v) is 5.67. The van der Waals surface area contributed by atoms with Crippen molar-refractivity contribution in [3.63, 3.8) is 0 Å². The SMILES string of the molecule is COc1ccc(S(=O)(=O)N2CCCCC2)cc1NC(=O)COc1ncnc2sccc12. The summed E-state index contributed by atoms with van der Waals surface area (Å²) in [7, 11) is -2.19. The molecular formula is C20H22N4O5S2. The van der Waals surface area contributed by atoms with Gasteiger partial charge in [0.15, 0.2) is 6.61 Å². The number of hydrogen-bond acceptors (Lipinski definition) is 8. The minimum absolute atomic E-state index is 0.113. The molecule has 4 rings (SSSR count). The molecule has 31 heavy (non-hydrogen) atoms. The van der Waals surface area contributed by atoms with Gasteiger partial charge in [0.25, 0.3) is 5.91 Å². The number of carbonyl (C=O) groups is 1. The molecule has 1 aliphatic heterocycles. The summed E-state index contributed by atoms with van der Waals surface area (Å²) in [5.41, 5.74) is 0.262. The second-order valence-corrected chi connectivity index (χ2v) is 9.81. The van der Waals surface area contributed by atoms with Crippen LogP contribution < -0.4 is 14.8 Å². The average Bonchev–Trinajstić information content (AvgIpc) is 3.28. The van der Waals surface area contributed by atoms with Crippen LogP contribution in [0.15, 0.2) is 40.9 Å². The smallest absolute Gasteiger partial charge is 0.262 e. The van der Waals surface area contributed by atoms with Crippen molar-refractivity contribution < 1.29 is 22.7 Å². The quantitative estimate of drug-likeness (QED) is 0.575. The Labute approximate surface area is 184 Å². The maximum Gasteiger partial charge on any atom is 0.262 e. The zero-order valence-electron chi connectivity index (χ0n) is 16.9. The molecule has 0 aliphatic carbocycles. The summed E-state index contributed by atoms with van der Waals surface area (Å²) < 4.78 is 38.3. The lowest BCUT2D eigenvalue weighted by Gasteiger charge is -2.26. The Morgan fingerprint density at radius 2 is 2.00 bits per heavy atom. The lowest BCUT2D eigenvalue weighted by atomic mass is 10.2. The van der Waals surface area contributed by atoms with Gasteiger partial charge in [-0.15, -0.1) is 11.3 Å². The number of amides is 1. The molecule has 1 saturated heterocycles. The number of anilines is 1. The predicted molar refractivity (Wildman–Crippen MR) is 117 cm³/mol. The summed E-state index contributed by atoms with van der Waals surface area (Å²) in [4.78, 5) is 21.6. The minimum Gasteiger partial charge on any atom is -0.495 e. The van der Waals surface area contributed by atoms with E-state index in [4.69, 9.17) is 9.47 Å². The standard InChI is InChI=1S/C20H22N4O5S2/c1-28-17-6-5-14(31(26,27)24-8-3-2-4-9-24)11-16(17)23-18(25)12-29-19-15-7-10-30-20(15)22-13-21-19/h5-7,10-11,13H,2-4,8-9,12H2,1H3,(H,23,25). The first-order valence-electron chi connectivity index (χ1n) is 9.78. The van der Waals surface area contributed by atoms with Gasteiger partial charge in [0.1, 0.15) is 16.9 Å². The Morgan fingerprint density at radius 1 is 1.19 bits per heavy atom. The van der Waals surface area contributed by atoms with E-state index in [2.05, 4.69) is 15.3 Å². The van der Waals surface area contributed by atoms with Crippen LogP contribution >= 0.6 is 11.3 Å². The van der Waals surface area contributed by atoms with Crippen LogP contribution in [0.3, 0.4) is 0 Å². The third kappa shape index (κ3) is 4.63. The Bertz CT molecular complexity index is 1190. The number of nitrogens with one attached hydrogen (secondary N) is 1. The highest BCUT2D eigenvalue weighted by Gasteiger charge is 2.27. The predicted octanol–water partition coefficient (Wildman–Crippen LogP) is 2.89. The van der Waals surface area contributed by atoms with Gasteiger partial charge in [-0.25, -0.2) is 18.4 Å². The number of sulfonamides is 1. The van der Waals surface area contributed by atoms with Gasteiger partial charge in [0.05, 0.1) is 23.1 Å². The molecule has 164 valence electrons. The highest BCUT2D eigenvalue weighted by atomic mass is 32.2. The number of benzene rings is 1. The van der Waals surface area contributed by atoms with Crippen LogP contribution in [0.1, 0.15) is 19.3 Å². The number of hydrogen-bond donors (Lipinski definition) is 1. The number of rotatable bonds is 7. The second kappa shape index (κ2) is 9.16. The van der Waals surface area contributed by atoms with Crippen molar-refractivity contribution in [3.05, 3.63) is 36.0 Å². The molecule has 1 aliphatic rings. The molecule has 0 saturated carbocycles. The maximum atomic E-state index is 13.0. The van der Waals surface area contributed by atoms with Crippen LogP contribution in [0.2, 0.25) is 0 Å². The summed E-state index contributed by atoms with van der Waals surface area (Å²) >= 11 is 1.45. The Kier molecular flexibility index (Phi) is 6.35. The molecule has 11 heteroatoms. The normalized spacial score (nSPS) is 15.0. The van der Waals surface area contributed by atoms with Crippen LogP contribution in [0.25, 0.3) is 10.2 Å². The first-order chi connectivity index (χ1) is 15.0. The molecular weight excluding hydrogens is 440 g/mol. The number of carbonyl (C=O) groups excluding carboxylic acids is 1. The average molecular weight is 463 g/mol. The van der Waals surface area contributed by atoms with Gasteiger partial charge in [0.2, 0.25) is 15.9 Å². The van der Waals surface area contributed by atoms with E-state index in [9.17, 15) is 13.2 Å². The van der Waals surface area contributed by atoms with Crippen LogP contribution in [0.4, 0.5) is 5.69 Å². The van der Waals surface area contributed by atoms with Gasteiger partial charge >= 0.3 is 0 Å². The minimum atomic E-state index is -3.64. The van der Waals surface area contributed by atoms with E-state index in [1.807, 2.05) is 11.4 Å². The highest BCUT2D eigenvalue weighted by Crippen LogP contribution is 2.30. The first kappa shape index (κ1) is 21.5. The third-order valence-electron chi connectivity index (χ3n) is 4.96. The second-order valence-electron chi connectivity index (χ2n) is 6.98. The van der Waals surface area contributed by atoms with Crippen LogP contribution in [-0.4, -0.2) is 55.4 Å². The van der Waals surface area contributed by atoms with E-state index in [1.54, 1.807) is 0 Å². The van der Waals surface area contributed by atoms with Crippen molar-refractivity contribution in [2.75, 3.05) is 32.1 Å². The van der Waals surface area contributed by atoms with E-state index < -0.39 is 15.9 Å². The number of fused-ring (bicyclic) bond motifs is 1. The number of aromatic nitrogens is 2. The van der Waals surface area contributed by atoms with Gasteiger partial charge in [-0.2, -0.15) is 4.31 Å². The van der Waals surface area contributed by atoms with Crippen molar-refractivity contribution in [1.82, 2.24) is 14.3 Å². The fourth-order valence-electron chi connectivity index (χ4n) is 3.40. The molecule has 1 aromatic carbocycles. The number of nitrogens with zero attached hydrogens (tertiary/aromatic N) is 3. The van der Waals surface area contributed by atoms with E-state index in [1.165, 1.54) is 47.3 Å². The molecule has 0 bridgehead atoms. The van der Waals surface area contributed by atoms with Crippen molar-refractivity contribution in [2.24, 2.45) is 0 Å². The maximum absolute atomic E-state index is 13.0. The van der Waals surface area contributed by atoms with Crippen LogP contribution in [0, 0.1) is 0 Å². The number of piperidine rings is 1. The van der Waals surface area contributed by atoms with E-state index >= 15 is 0 Å². The van der Waals surface area contributed by atoms with Gasteiger partial charge in [-0.05, 0) is 42.5 Å². The number of ether oxygens (including phenoxy) is 2. The Balaban J connectivity index is 1.49. The van der Waals surface area contributed by atoms with Gasteiger partial charge in [0, 0.05) is 13.1 Å². The molecule has 1 amide bonds. The first-order valence-corrected chi connectivity index (χ1v) is 12.1. The summed E-state index contributed by atoms with van der Waals surface area (Å²) in [5, 5.41) is 5.27. The van der Waals surface area contributed by atoms with Gasteiger partial charge in [-0.1, -0.05) is 6.42 Å². The van der Waals surface area contributed by atoms with E-state index in [0.717, 1.165) is 29.5 Å². The van der Waals surface area contributed by atoms with E-state index in [0.29, 0.717) is 24.7 Å². The van der Waals surface area contributed by atoms with Crippen molar-refractivity contribution in [2.45, 2.75) is 24.2 Å². The molecule has 2 aromatic heterocycles. The lowest BCUT2D eigenvalue weighted by molar-refractivity contribution is -0.118. The summed E-state index contributed by atoms with van der Waals surface area (Å²) in [6, 6.07) is 6.27. The molecule has 0 radical (unpaired) electrons. The zero-order chi connectivity index (χ0) is 21.8. The zero-order valence-corrected chi connectivity index (χ0v) is 18.5. The molecule has 1 fully saturated rings. The van der Waals surface area contributed by atoms with Gasteiger partial charge in [-0.3, -0.25) is 4.79 Å². The van der Waals surface area contributed by atoms with Crippen molar-refractivity contribution in [1.29, 1.82) is 0 Å². The topological polar surface area (TPSA) is 111 Å². The van der Waals surface area contributed by atoms with Crippen LogP contribution in [-0.2, 0) is 14.8 Å². The summed E-state index contributed by atoms with van der Waals surface area (Å²) in [6.45, 7) is 0.702. The molecule has 3 aromatic rings. The van der Waals surface area contributed by atoms with E-state index in [-0.39, 0.29) is 17.2 Å². The van der Waals surface area contributed by atoms with Crippen molar-refractivity contribution in [3.8, 4) is 11.6 Å². The van der Waals surface area contributed by atoms with Gasteiger partial charge < -0.3 is 14.8 Å². The highest BCUT2D eigenvalue weighted by molar-refractivity contribution is 7.89. The van der Waals surface area contributed by atoms with Crippen molar-refractivity contribution >= 4 is 43.2 Å². The Morgan fingerprint density at radius 3 is 2.77 bits per heavy atom. The molecule has 1 N–H and O–H groups in total.